The van der Waals surface area contributed by atoms with E-state index < -0.39 is 37.7 Å². The molecule has 0 spiro atoms. The van der Waals surface area contributed by atoms with Gasteiger partial charge in [0.25, 0.3) is 0 Å². The number of ether oxygens (including phenoxy) is 1. The van der Waals surface area contributed by atoms with Gasteiger partial charge in [0.15, 0.2) is 15.9 Å². The van der Waals surface area contributed by atoms with E-state index in [1.54, 1.807) is 0 Å². The van der Waals surface area contributed by atoms with Crippen LogP contribution in [0.25, 0.3) is 0 Å². The zero-order valence-corrected chi connectivity index (χ0v) is 12.1. The Hall–Kier alpha value is -2.03. The Morgan fingerprint density at radius 2 is 1.86 bits per heavy atom. The molecule has 120 valence electrons. The molecule has 2 unspecified atom stereocenters. The Labute approximate surface area is 124 Å². The molecule has 1 aromatic carbocycles. The summed E-state index contributed by atoms with van der Waals surface area (Å²) in [6.45, 7) is 0. The lowest BCUT2D eigenvalue weighted by atomic mass is 10.0. The molecule has 9 heteroatoms. The van der Waals surface area contributed by atoms with Crippen LogP contribution < -0.4 is 5.32 Å². The summed E-state index contributed by atoms with van der Waals surface area (Å²) in [4.78, 5) is 11.1. The first-order chi connectivity index (χ1) is 10.2. The van der Waals surface area contributed by atoms with Gasteiger partial charge in [0.05, 0.1) is 12.0 Å². The Balaban J connectivity index is 2.72. The summed E-state index contributed by atoms with van der Waals surface area (Å²) >= 11 is 0. The predicted octanol–water partition coefficient (Wildman–Crippen LogP) is 1.42. The number of halogens is 3. The van der Waals surface area contributed by atoms with Crippen LogP contribution in [0.4, 0.5) is 13.2 Å². The molecule has 0 saturated heterocycles. The first kappa shape index (κ1) is 16.3. The number of carbonyl (C=O) groups is 1. The Kier molecular flexibility index (Phi) is 3.94. The number of hydrogen-bond acceptors (Lipinski definition) is 5. The van der Waals surface area contributed by atoms with E-state index in [1.165, 1.54) is 18.2 Å². The highest BCUT2D eigenvalue weighted by atomic mass is 32.2. The lowest BCUT2D eigenvalue weighted by Gasteiger charge is -2.33. The number of hydrogen-bond donors (Lipinski definition) is 1. The topological polar surface area (TPSA) is 72.5 Å². The van der Waals surface area contributed by atoms with Crippen molar-refractivity contribution in [3.8, 4) is 0 Å². The van der Waals surface area contributed by atoms with Gasteiger partial charge in [0, 0.05) is 0 Å². The van der Waals surface area contributed by atoms with E-state index in [0.717, 1.165) is 25.4 Å². The van der Waals surface area contributed by atoms with Crippen molar-refractivity contribution in [1.82, 2.24) is 5.32 Å². The zero-order chi connectivity index (χ0) is 16.6. The molecule has 2 atom stereocenters. The maximum atomic E-state index is 13.7. The quantitative estimate of drug-likeness (QED) is 0.846. The van der Waals surface area contributed by atoms with Crippen LogP contribution in [-0.4, -0.2) is 38.5 Å². The van der Waals surface area contributed by atoms with Gasteiger partial charge in [-0.3, -0.25) is 0 Å². The molecule has 0 saturated carbocycles. The van der Waals surface area contributed by atoms with Crippen LogP contribution in [0.15, 0.2) is 47.5 Å². The van der Waals surface area contributed by atoms with E-state index in [9.17, 15) is 26.4 Å². The van der Waals surface area contributed by atoms with Crippen molar-refractivity contribution < 1.29 is 31.1 Å². The normalized spacial score (nSPS) is 24.8. The van der Waals surface area contributed by atoms with Crippen LogP contribution in [0, 0.1) is 0 Å². The third kappa shape index (κ3) is 2.16. The molecule has 1 heterocycles. The number of benzene rings is 1. The highest BCUT2D eigenvalue weighted by molar-refractivity contribution is 7.93. The lowest BCUT2D eigenvalue weighted by Crippen LogP contribution is -2.62. The van der Waals surface area contributed by atoms with Crippen molar-refractivity contribution in [2.24, 2.45) is 0 Å². The van der Waals surface area contributed by atoms with Gasteiger partial charge in [-0.15, -0.1) is 0 Å². The fourth-order valence-electron chi connectivity index (χ4n) is 2.30. The van der Waals surface area contributed by atoms with Gasteiger partial charge in [-0.2, -0.15) is 13.2 Å². The van der Waals surface area contributed by atoms with Crippen molar-refractivity contribution >= 4 is 15.8 Å². The third-order valence-electron chi connectivity index (χ3n) is 3.40. The lowest BCUT2D eigenvalue weighted by molar-refractivity contribution is -0.168. The van der Waals surface area contributed by atoms with Gasteiger partial charge < -0.3 is 10.1 Å². The van der Waals surface area contributed by atoms with E-state index in [0.29, 0.717) is 6.08 Å². The average Bonchev–Trinajstić information content (AvgIpc) is 2.93. The van der Waals surface area contributed by atoms with Crippen LogP contribution >= 0.6 is 0 Å². The van der Waals surface area contributed by atoms with Gasteiger partial charge >= 0.3 is 12.1 Å². The number of rotatable bonds is 3. The van der Waals surface area contributed by atoms with E-state index in [-0.39, 0.29) is 0 Å². The zero-order valence-electron chi connectivity index (χ0n) is 11.3. The maximum Gasteiger partial charge on any atom is 0.414 e. The van der Waals surface area contributed by atoms with E-state index >= 15 is 0 Å². The molecule has 0 aromatic heterocycles. The van der Waals surface area contributed by atoms with Gasteiger partial charge in [-0.1, -0.05) is 18.2 Å². The molecule has 0 bridgehead atoms. The summed E-state index contributed by atoms with van der Waals surface area (Å²) in [7, 11) is -4.05. The van der Waals surface area contributed by atoms with E-state index in [4.69, 9.17) is 0 Å². The van der Waals surface area contributed by atoms with Gasteiger partial charge in [-0.25, -0.2) is 13.2 Å². The second-order valence-corrected chi connectivity index (χ2v) is 6.72. The van der Waals surface area contributed by atoms with Crippen molar-refractivity contribution in [3.05, 3.63) is 42.6 Å². The minimum atomic E-state index is -5.22. The predicted molar refractivity (Wildman–Crippen MR) is 70.5 cm³/mol. The standard InChI is InChI=1S/C13H12F3NO4S/c1-21-11(18)10-12(7-8-17-10,13(14,15)16)22(19,20)9-5-3-2-4-6-9/h2-8,10,17H,1H3. The highest BCUT2D eigenvalue weighted by Crippen LogP contribution is 2.46. The molecule has 2 rings (SSSR count). The van der Waals surface area contributed by atoms with Crippen LogP contribution in [0.1, 0.15) is 0 Å². The summed E-state index contributed by atoms with van der Waals surface area (Å²) in [5.41, 5.74) is 0. The van der Waals surface area contributed by atoms with Crippen molar-refractivity contribution in [2.75, 3.05) is 7.11 Å². The summed E-state index contributed by atoms with van der Waals surface area (Å²) in [5.74, 6) is -1.32. The van der Waals surface area contributed by atoms with Crippen molar-refractivity contribution in [1.29, 1.82) is 0 Å². The number of sulfone groups is 1. The number of nitrogens with one attached hydrogen (secondary N) is 1. The second kappa shape index (κ2) is 5.31. The molecular formula is C13H12F3NO4S. The molecule has 0 aliphatic carbocycles. The largest absolute Gasteiger partial charge is 0.467 e. The smallest absolute Gasteiger partial charge is 0.414 e. The molecule has 0 radical (unpaired) electrons. The fraction of sp³-hybridized carbons (Fsp3) is 0.308. The summed E-state index contributed by atoms with van der Waals surface area (Å²) in [6, 6.07) is 4.06. The Morgan fingerprint density at radius 3 is 2.36 bits per heavy atom. The monoisotopic (exact) mass is 335 g/mol. The Bertz CT molecular complexity index is 700. The minimum absolute atomic E-state index is 0.441. The molecule has 1 aromatic rings. The first-order valence-electron chi connectivity index (χ1n) is 6.06. The molecular weight excluding hydrogens is 323 g/mol. The number of methoxy groups -OCH3 is 1. The molecule has 22 heavy (non-hydrogen) atoms. The van der Waals surface area contributed by atoms with Crippen LogP contribution in [0.3, 0.4) is 0 Å². The molecule has 0 fully saturated rings. The van der Waals surface area contributed by atoms with Crippen molar-refractivity contribution in [2.45, 2.75) is 21.9 Å². The van der Waals surface area contributed by atoms with Gasteiger partial charge in [0.2, 0.25) is 4.75 Å². The SMILES string of the molecule is COC(=O)C1NC=CC1(C(F)(F)F)S(=O)(=O)c1ccccc1. The molecule has 5 nitrogen and oxygen atoms in total. The second-order valence-electron chi connectivity index (χ2n) is 4.56. The van der Waals surface area contributed by atoms with Crippen molar-refractivity contribution in [3.63, 3.8) is 0 Å². The molecule has 1 N–H and O–H groups in total. The first-order valence-corrected chi connectivity index (χ1v) is 7.55. The van der Waals surface area contributed by atoms with E-state index in [2.05, 4.69) is 10.1 Å². The number of esters is 1. The maximum absolute atomic E-state index is 13.7. The van der Waals surface area contributed by atoms with Crippen LogP contribution in [0.2, 0.25) is 0 Å². The average molecular weight is 335 g/mol. The van der Waals surface area contributed by atoms with Crippen LogP contribution in [0.5, 0.6) is 0 Å². The number of carbonyl (C=O) groups excluding carboxylic acids is 1. The molecule has 1 aliphatic heterocycles. The third-order valence-corrected chi connectivity index (χ3v) is 5.79. The fourth-order valence-corrected chi connectivity index (χ4v) is 4.23. The van der Waals surface area contributed by atoms with Gasteiger partial charge in [-0.05, 0) is 24.4 Å². The highest BCUT2D eigenvalue weighted by Gasteiger charge is 2.70. The number of alkyl halides is 3. The summed E-state index contributed by atoms with van der Waals surface area (Å²) in [6.07, 6.45) is -3.98. The summed E-state index contributed by atoms with van der Waals surface area (Å²) < 4.78 is 67.1. The van der Waals surface area contributed by atoms with E-state index in [1.807, 2.05) is 0 Å². The molecule has 0 amide bonds. The minimum Gasteiger partial charge on any atom is -0.467 e. The molecule has 1 aliphatic rings. The summed E-state index contributed by atoms with van der Waals surface area (Å²) in [5, 5.41) is 2.13. The van der Waals surface area contributed by atoms with Crippen LogP contribution in [-0.2, 0) is 19.4 Å². The Morgan fingerprint density at radius 1 is 1.27 bits per heavy atom. The van der Waals surface area contributed by atoms with Gasteiger partial charge in [0.1, 0.15) is 0 Å².